The van der Waals surface area contributed by atoms with Crippen molar-refractivity contribution in [1.82, 2.24) is 15.7 Å². The smallest absolute Gasteiger partial charge is 0.271 e. The van der Waals surface area contributed by atoms with E-state index in [1.807, 2.05) is 0 Å². The van der Waals surface area contributed by atoms with E-state index in [0.717, 1.165) is 11.8 Å². The fourth-order valence-electron chi connectivity index (χ4n) is 1.99. The first kappa shape index (κ1) is 17.3. The highest BCUT2D eigenvalue weighted by atomic mass is 32.2. The van der Waals surface area contributed by atoms with Crippen LogP contribution in [0.4, 0.5) is 5.69 Å². The summed E-state index contributed by atoms with van der Waals surface area (Å²) in [5, 5.41) is 17.3. The standard InChI is InChI=1S/C16H11N5O4S/c22-14(11-5-7-17-8-6-11)19-20-16-18-15(23)13(26-16)9-10-1-3-12(4-2-10)21(24)25/h1-9H,(H,19,22)(H,18,20,23). The number of nitro benzene ring substituents is 1. The molecule has 0 aliphatic carbocycles. The molecule has 2 heterocycles. The maximum absolute atomic E-state index is 12.0. The number of aromatic nitrogens is 1. The Morgan fingerprint density at radius 3 is 2.58 bits per heavy atom. The first-order valence-electron chi connectivity index (χ1n) is 7.26. The Morgan fingerprint density at radius 2 is 1.92 bits per heavy atom. The SMILES string of the molecule is O=C1NC(=NNC(=O)c2ccncc2)SC1=Cc1ccc([N+](=O)[O-])cc1. The first-order chi connectivity index (χ1) is 12.5. The van der Waals surface area contributed by atoms with Gasteiger partial charge in [0.25, 0.3) is 17.5 Å². The number of carbonyl (C=O) groups is 2. The molecule has 2 aromatic rings. The predicted molar refractivity (Wildman–Crippen MR) is 95.9 cm³/mol. The van der Waals surface area contributed by atoms with Crippen molar-refractivity contribution in [1.29, 1.82) is 0 Å². The van der Waals surface area contributed by atoms with Gasteiger partial charge in [-0.25, -0.2) is 5.43 Å². The van der Waals surface area contributed by atoms with Crippen LogP contribution in [0.25, 0.3) is 6.08 Å². The molecule has 10 heteroatoms. The molecule has 0 bridgehead atoms. The second-order valence-corrected chi connectivity index (χ2v) is 6.04. The monoisotopic (exact) mass is 369 g/mol. The summed E-state index contributed by atoms with van der Waals surface area (Å²) < 4.78 is 0. The highest BCUT2D eigenvalue weighted by Gasteiger charge is 2.24. The Morgan fingerprint density at radius 1 is 1.23 bits per heavy atom. The van der Waals surface area contributed by atoms with E-state index in [-0.39, 0.29) is 16.8 Å². The molecular weight excluding hydrogens is 358 g/mol. The van der Waals surface area contributed by atoms with Gasteiger partial charge in [0, 0.05) is 30.1 Å². The van der Waals surface area contributed by atoms with Gasteiger partial charge >= 0.3 is 0 Å². The summed E-state index contributed by atoms with van der Waals surface area (Å²) in [5.74, 6) is -0.798. The maximum atomic E-state index is 12.0. The summed E-state index contributed by atoms with van der Waals surface area (Å²) in [6, 6.07) is 8.87. The fraction of sp³-hybridized carbons (Fsp3) is 0. The lowest BCUT2D eigenvalue weighted by Gasteiger charge is -1.99. The van der Waals surface area contributed by atoms with Gasteiger partial charge in [-0.15, -0.1) is 5.10 Å². The number of rotatable bonds is 4. The number of carbonyl (C=O) groups excluding carboxylic acids is 2. The molecule has 1 aromatic heterocycles. The van der Waals surface area contributed by atoms with Crippen molar-refractivity contribution in [3.8, 4) is 0 Å². The summed E-state index contributed by atoms with van der Waals surface area (Å²) in [7, 11) is 0. The number of amides is 2. The third kappa shape index (κ3) is 4.11. The molecule has 0 unspecified atom stereocenters. The number of nitrogens with zero attached hydrogens (tertiary/aromatic N) is 3. The molecule has 0 spiro atoms. The van der Waals surface area contributed by atoms with Crippen LogP contribution in [0.1, 0.15) is 15.9 Å². The van der Waals surface area contributed by atoms with Crippen LogP contribution >= 0.6 is 11.8 Å². The highest BCUT2D eigenvalue weighted by molar-refractivity contribution is 8.18. The van der Waals surface area contributed by atoms with Gasteiger partial charge in [0.05, 0.1) is 9.83 Å². The van der Waals surface area contributed by atoms with E-state index >= 15 is 0 Å². The maximum Gasteiger partial charge on any atom is 0.271 e. The van der Waals surface area contributed by atoms with Gasteiger partial charge in [-0.2, -0.15) is 0 Å². The summed E-state index contributed by atoms with van der Waals surface area (Å²) in [4.78, 5) is 38.2. The van der Waals surface area contributed by atoms with E-state index in [0.29, 0.717) is 16.0 Å². The minimum Gasteiger partial charge on any atom is -0.299 e. The van der Waals surface area contributed by atoms with Gasteiger partial charge in [0.2, 0.25) is 0 Å². The molecule has 0 saturated carbocycles. The van der Waals surface area contributed by atoms with E-state index in [2.05, 4.69) is 20.8 Å². The molecule has 3 rings (SSSR count). The van der Waals surface area contributed by atoms with Crippen molar-refractivity contribution < 1.29 is 14.5 Å². The molecule has 2 amide bonds. The van der Waals surface area contributed by atoms with Gasteiger partial charge in [0.1, 0.15) is 0 Å². The van der Waals surface area contributed by atoms with Gasteiger partial charge in [-0.3, -0.25) is 30.0 Å². The Kier molecular flexibility index (Phi) is 5.04. The van der Waals surface area contributed by atoms with Crippen LogP contribution in [0.5, 0.6) is 0 Å². The number of amidine groups is 1. The first-order valence-corrected chi connectivity index (χ1v) is 8.08. The van der Waals surface area contributed by atoms with E-state index < -0.39 is 10.8 Å². The van der Waals surface area contributed by atoms with Gasteiger partial charge in [-0.1, -0.05) is 0 Å². The van der Waals surface area contributed by atoms with Crippen molar-refractivity contribution in [2.45, 2.75) is 0 Å². The van der Waals surface area contributed by atoms with Crippen LogP contribution < -0.4 is 10.7 Å². The number of thioether (sulfide) groups is 1. The zero-order valence-electron chi connectivity index (χ0n) is 13.1. The van der Waals surface area contributed by atoms with Crippen molar-refractivity contribution in [3.05, 3.63) is 74.9 Å². The summed E-state index contributed by atoms with van der Waals surface area (Å²) in [6.07, 6.45) is 4.55. The minimum absolute atomic E-state index is 0.0308. The lowest BCUT2D eigenvalue weighted by Crippen LogP contribution is -2.25. The topological polar surface area (TPSA) is 127 Å². The number of hydrogen-bond donors (Lipinski definition) is 2. The number of hydrazone groups is 1. The average molecular weight is 369 g/mol. The molecule has 9 nitrogen and oxygen atoms in total. The summed E-state index contributed by atoms with van der Waals surface area (Å²) in [5.41, 5.74) is 3.34. The lowest BCUT2D eigenvalue weighted by molar-refractivity contribution is -0.384. The van der Waals surface area contributed by atoms with Crippen LogP contribution in [-0.4, -0.2) is 26.9 Å². The van der Waals surface area contributed by atoms with E-state index in [1.165, 1.54) is 36.7 Å². The number of nitrogens with one attached hydrogen (secondary N) is 2. The molecule has 26 heavy (non-hydrogen) atoms. The van der Waals surface area contributed by atoms with Crippen LogP contribution in [-0.2, 0) is 4.79 Å². The Bertz CT molecular complexity index is 925. The van der Waals surface area contributed by atoms with Crippen molar-refractivity contribution in [3.63, 3.8) is 0 Å². The van der Waals surface area contributed by atoms with Crippen LogP contribution in [0, 0.1) is 10.1 Å². The number of pyridine rings is 1. The third-order valence-corrected chi connectivity index (χ3v) is 4.16. The fourth-order valence-corrected chi connectivity index (χ4v) is 2.78. The Balaban J connectivity index is 1.68. The number of benzene rings is 1. The Hall–Kier alpha value is -3.53. The van der Waals surface area contributed by atoms with Crippen LogP contribution in [0.2, 0.25) is 0 Å². The van der Waals surface area contributed by atoms with Gasteiger partial charge in [-0.05, 0) is 47.7 Å². The Labute approximate surface area is 151 Å². The average Bonchev–Trinajstić information content (AvgIpc) is 3.00. The molecule has 130 valence electrons. The minimum atomic E-state index is -0.496. The van der Waals surface area contributed by atoms with Crippen molar-refractivity contribution in [2.24, 2.45) is 5.10 Å². The van der Waals surface area contributed by atoms with Gasteiger partial charge in [0.15, 0.2) is 5.17 Å². The van der Waals surface area contributed by atoms with E-state index in [9.17, 15) is 19.7 Å². The summed E-state index contributed by atoms with van der Waals surface area (Å²) >= 11 is 1.05. The van der Waals surface area contributed by atoms with E-state index in [1.54, 1.807) is 18.2 Å². The zero-order valence-corrected chi connectivity index (χ0v) is 13.9. The highest BCUT2D eigenvalue weighted by Crippen LogP contribution is 2.26. The number of non-ortho nitro benzene ring substituents is 1. The molecule has 2 N–H and O–H groups in total. The van der Waals surface area contributed by atoms with E-state index in [4.69, 9.17) is 0 Å². The predicted octanol–water partition coefficient (Wildman–Crippen LogP) is 1.89. The van der Waals surface area contributed by atoms with Crippen LogP contribution in [0.3, 0.4) is 0 Å². The second kappa shape index (κ2) is 7.57. The van der Waals surface area contributed by atoms with Crippen LogP contribution in [0.15, 0.2) is 58.8 Å². The van der Waals surface area contributed by atoms with Gasteiger partial charge < -0.3 is 0 Å². The third-order valence-electron chi connectivity index (χ3n) is 3.25. The molecular formula is C16H11N5O4S. The second-order valence-electron chi connectivity index (χ2n) is 5.01. The molecule has 1 saturated heterocycles. The zero-order chi connectivity index (χ0) is 18.5. The van der Waals surface area contributed by atoms with Crippen molar-refractivity contribution in [2.75, 3.05) is 0 Å². The molecule has 0 atom stereocenters. The summed E-state index contributed by atoms with van der Waals surface area (Å²) in [6.45, 7) is 0. The normalized spacial score (nSPS) is 16.5. The lowest BCUT2D eigenvalue weighted by atomic mass is 10.2. The number of nitro groups is 1. The molecule has 1 aliphatic rings. The molecule has 1 aliphatic heterocycles. The molecule has 0 radical (unpaired) electrons. The quantitative estimate of drug-likeness (QED) is 0.481. The number of hydrogen-bond acceptors (Lipinski definition) is 7. The molecule has 1 fully saturated rings. The largest absolute Gasteiger partial charge is 0.299 e. The van der Waals surface area contributed by atoms with Crippen molar-refractivity contribution >= 4 is 40.5 Å². The molecule has 1 aromatic carbocycles.